The van der Waals surface area contributed by atoms with Crippen molar-refractivity contribution in [2.75, 3.05) is 20.8 Å². The first-order valence-electron chi connectivity index (χ1n) is 7.44. The van der Waals surface area contributed by atoms with Crippen LogP contribution in [0, 0.1) is 0 Å². The molecule has 0 aliphatic carbocycles. The minimum Gasteiger partial charge on any atom is -0.493 e. The smallest absolute Gasteiger partial charge is 0.251 e. The van der Waals surface area contributed by atoms with Gasteiger partial charge in [0.05, 0.1) is 31.4 Å². The van der Waals surface area contributed by atoms with E-state index in [0.29, 0.717) is 22.1 Å². The lowest BCUT2D eigenvalue weighted by Crippen LogP contribution is -2.42. The number of amides is 1. The van der Waals surface area contributed by atoms with Gasteiger partial charge in [0.15, 0.2) is 11.5 Å². The highest BCUT2D eigenvalue weighted by Crippen LogP contribution is 2.36. The van der Waals surface area contributed by atoms with E-state index in [9.17, 15) is 4.79 Å². The zero-order valence-electron chi connectivity index (χ0n) is 13.1. The Morgan fingerprint density at radius 3 is 2.77 bits per heavy atom. The molecule has 5 nitrogen and oxygen atoms in total. The molecule has 0 radical (unpaired) electrons. The van der Waals surface area contributed by atoms with Crippen LogP contribution in [0.15, 0.2) is 12.1 Å². The molecule has 0 unspecified atom stereocenters. The third kappa shape index (κ3) is 3.65. The van der Waals surface area contributed by atoms with E-state index in [4.69, 9.17) is 25.8 Å². The van der Waals surface area contributed by atoms with Crippen molar-refractivity contribution in [3.8, 4) is 11.5 Å². The van der Waals surface area contributed by atoms with Gasteiger partial charge in [-0.3, -0.25) is 4.79 Å². The molecule has 1 saturated heterocycles. The standard InChI is InChI=1S/C16H22ClNO4/c1-4-12(13-6-5-7-22-13)18-16(19)10-8-11(17)15(21-3)14(9-10)20-2/h8-9,12-13H,4-7H2,1-3H3,(H,18,19)/t12-,13+/m0/s1. The van der Waals surface area contributed by atoms with Crippen molar-refractivity contribution in [1.82, 2.24) is 5.32 Å². The molecule has 1 aliphatic rings. The van der Waals surface area contributed by atoms with Gasteiger partial charge in [-0.1, -0.05) is 18.5 Å². The number of hydrogen-bond donors (Lipinski definition) is 1. The predicted molar refractivity (Wildman–Crippen MR) is 85.1 cm³/mol. The summed E-state index contributed by atoms with van der Waals surface area (Å²) in [6, 6.07) is 3.21. The van der Waals surface area contributed by atoms with Gasteiger partial charge in [0.2, 0.25) is 0 Å². The number of carbonyl (C=O) groups is 1. The Morgan fingerprint density at radius 2 is 2.23 bits per heavy atom. The van der Waals surface area contributed by atoms with Crippen LogP contribution >= 0.6 is 11.6 Å². The quantitative estimate of drug-likeness (QED) is 0.872. The normalized spacial score (nSPS) is 18.8. The van der Waals surface area contributed by atoms with Crippen molar-refractivity contribution in [2.24, 2.45) is 0 Å². The van der Waals surface area contributed by atoms with Gasteiger partial charge in [0, 0.05) is 12.2 Å². The zero-order chi connectivity index (χ0) is 16.1. The van der Waals surface area contributed by atoms with E-state index in [1.807, 2.05) is 6.92 Å². The summed E-state index contributed by atoms with van der Waals surface area (Å²) in [5, 5.41) is 3.37. The van der Waals surface area contributed by atoms with E-state index in [0.717, 1.165) is 25.9 Å². The Hall–Kier alpha value is -1.46. The molecule has 2 rings (SSSR count). The Balaban J connectivity index is 2.16. The molecule has 1 aromatic carbocycles. The Morgan fingerprint density at radius 1 is 1.45 bits per heavy atom. The van der Waals surface area contributed by atoms with Gasteiger partial charge in [-0.25, -0.2) is 0 Å². The Bertz CT molecular complexity index is 529. The van der Waals surface area contributed by atoms with E-state index in [1.165, 1.54) is 14.2 Å². The van der Waals surface area contributed by atoms with Gasteiger partial charge >= 0.3 is 0 Å². The summed E-state index contributed by atoms with van der Waals surface area (Å²) in [5.74, 6) is 0.669. The third-order valence-corrected chi connectivity index (χ3v) is 4.15. The molecule has 0 spiro atoms. The van der Waals surface area contributed by atoms with E-state index in [-0.39, 0.29) is 18.1 Å². The number of ether oxygens (including phenoxy) is 3. The van der Waals surface area contributed by atoms with Crippen LogP contribution in [0.1, 0.15) is 36.5 Å². The summed E-state index contributed by atoms with van der Waals surface area (Å²) in [4.78, 5) is 12.5. The fourth-order valence-electron chi connectivity index (χ4n) is 2.68. The van der Waals surface area contributed by atoms with E-state index in [2.05, 4.69) is 5.32 Å². The molecular weight excluding hydrogens is 306 g/mol. The third-order valence-electron chi connectivity index (χ3n) is 3.87. The molecule has 1 fully saturated rings. The van der Waals surface area contributed by atoms with Crippen molar-refractivity contribution in [3.63, 3.8) is 0 Å². The van der Waals surface area contributed by atoms with Crippen LogP contribution < -0.4 is 14.8 Å². The Kier molecular flexibility index (Phi) is 5.91. The van der Waals surface area contributed by atoms with Crippen molar-refractivity contribution in [2.45, 2.75) is 38.3 Å². The minimum absolute atomic E-state index is 0.00173. The lowest BCUT2D eigenvalue weighted by Gasteiger charge is -2.23. The zero-order valence-corrected chi connectivity index (χ0v) is 13.9. The van der Waals surface area contributed by atoms with Gasteiger partial charge in [0.1, 0.15) is 0 Å². The molecule has 1 heterocycles. The fourth-order valence-corrected chi connectivity index (χ4v) is 2.97. The van der Waals surface area contributed by atoms with E-state index < -0.39 is 0 Å². The summed E-state index contributed by atoms with van der Waals surface area (Å²) >= 11 is 6.15. The number of methoxy groups -OCH3 is 2. The molecule has 0 saturated carbocycles. The molecule has 22 heavy (non-hydrogen) atoms. The molecular formula is C16H22ClNO4. The van der Waals surface area contributed by atoms with Crippen LogP contribution in [0.3, 0.4) is 0 Å². The minimum atomic E-state index is -0.190. The van der Waals surface area contributed by atoms with Crippen LogP contribution in [0.4, 0.5) is 0 Å². The van der Waals surface area contributed by atoms with Crippen molar-refractivity contribution < 1.29 is 19.0 Å². The first-order chi connectivity index (χ1) is 10.6. The molecule has 6 heteroatoms. The van der Waals surface area contributed by atoms with Gasteiger partial charge in [-0.2, -0.15) is 0 Å². The molecule has 1 aromatic rings. The van der Waals surface area contributed by atoms with Gasteiger partial charge in [-0.15, -0.1) is 0 Å². The summed E-state index contributed by atoms with van der Waals surface area (Å²) in [6.07, 6.45) is 2.92. The summed E-state index contributed by atoms with van der Waals surface area (Å²) in [7, 11) is 3.02. The molecule has 0 bridgehead atoms. The highest BCUT2D eigenvalue weighted by Gasteiger charge is 2.26. The summed E-state index contributed by atoms with van der Waals surface area (Å²) in [5.41, 5.74) is 0.444. The molecule has 0 aromatic heterocycles. The number of hydrogen-bond acceptors (Lipinski definition) is 4. The second-order valence-corrected chi connectivity index (χ2v) is 5.64. The number of nitrogens with one attached hydrogen (secondary N) is 1. The molecule has 1 N–H and O–H groups in total. The number of rotatable bonds is 6. The van der Waals surface area contributed by atoms with Crippen molar-refractivity contribution in [3.05, 3.63) is 22.7 Å². The second-order valence-electron chi connectivity index (χ2n) is 5.23. The second kappa shape index (κ2) is 7.70. The summed E-state index contributed by atoms with van der Waals surface area (Å²) < 4.78 is 16.1. The number of carbonyl (C=O) groups excluding carboxylic acids is 1. The average molecular weight is 328 g/mol. The van der Waals surface area contributed by atoms with Gasteiger partial charge in [-0.05, 0) is 31.4 Å². The fraction of sp³-hybridized carbons (Fsp3) is 0.562. The molecule has 1 aliphatic heterocycles. The van der Waals surface area contributed by atoms with Crippen LogP contribution in [0.25, 0.3) is 0 Å². The molecule has 1 amide bonds. The lowest BCUT2D eigenvalue weighted by atomic mass is 10.0. The highest BCUT2D eigenvalue weighted by molar-refractivity contribution is 6.32. The first kappa shape index (κ1) is 16.9. The average Bonchev–Trinajstić information content (AvgIpc) is 3.05. The highest BCUT2D eigenvalue weighted by atomic mass is 35.5. The van der Waals surface area contributed by atoms with Crippen LogP contribution in [-0.4, -0.2) is 38.9 Å². The van der Waals surface area contributed by atoms with Crippen molar-refractivity contribution >= 4 is 17.5 Å². The van der Waals surface area contributed by atoms with E-state index >= 15 is 0 Å². The first-order valence-corrected chi connectivity index (χ1v) is 7.82. The van der Waals surface area contributed by atoms with Crippen LogP contribution in [0.2, 0.25) is 5.02 Å². The number of benzene rings is 1. The van der Waals surface area contributed by atoms with E-state index in [1.54, 1.807) is 12.1 Å². The predicted octanol–water partition coefficient (Wildman–Crippen LogP) is 3.04. The maximum absolute atomic E-state index is 12.5. The van der Waals surface area contributed by atoms with Gasteiger partial charge in [0.25, 0.3) is 5.91 Å². The SMILES string of the molecule is CC[C@H](NC(=O)c1cc(Cl)c(OC)c(OC)c1)[C@H]1CCCO1. The molecule has 122 valence electrons. The topological polar surface area (TPSA) is 56.8 Å². The van der Waals surface area contributed by atoms with Crippen molar-refractivity contribution in [1.29, 1.82) is 0 Å². The van der Waals surface area contributed by atoms with Gasteiger partial charge < -0.3 is 19.5 Å². The largest absolute Gasteiger partial charge is 0.493 e. The van der Waals surface area contributed by atoms with Crippen LogP contribution in [0.5, 0.6) is 11.5 Å². The summed E-state index contributed by atoms with van der Waals surface area (Å²) in [6.45, 7) is 2.80. The Labute approximate surface area is 135 Å². The lowest BCUT2D eigenvalue weighted by molar-refractivity contribution is 0.0665. The number of halogens is 1. The maximum Gasteiger partial charge on any atom is 0.251 e. The molecule has 2 atom stereocenters. The van der Waals surface area contributed by atoms with Crippen LogP contribution in [-0.2, 0) is 4.74 Å². The maximum atomic E-state index is 12.5. The monoisotopic (exact) mass is 327 g/mol.